The van der Waals surface area contributed by atoms with Crippen LogP contribution in [0.25, 0.3) is 11.3 Å². The highest BCUT2D eigenvalue weighted by molar-refractivity contribution is 5.85. The SMILES string of the molecule is Cc1ncc(-c2ccc(OCC3CCCC3)cn2)c(N2CCC(C)(C)CC2)c1[C@H](OC(C)(C)C)C(=O)O. The molecule has 7 heteroatoms. The quantitative estimate of drug-likeness (QED) is 0.430. The fraction of sp³-hybridized carbons (Fsp3) is 0.633. The summed E-state index contributed by atoms with van der Waals surface area (Å²) in [5.74, 6) is 0.380. The number of piperidine rings is 1. The van der Waals surface area contributed by atoms with E-state index >= 15 is 0 Å². The zero-order valence-corrected chi connectivity index (χ0v) is 23.3. The molecule has 2 fully saturated rings. The Balaban J connectivity index is 1.73. The van der Waals surface area contributed by atoms with Gasteiger partial charge in [0.15, 0.2) is 6.10 Å². The van der Waals surface area contributed by atoms with Crippen LogP contribution < -0.4 is 9.64 Å². The molecule has 37 heavy (non-hydrogen) atoms. The van der Waals surface area contributed by atoms with Crippen molar-refractivity contribution in [2.75, 3.05) is 24.6 Å². The van der Waals surface area contributed by atoms with Gasteiger partial charge in [0.05, 0.1) is 29.8 Å². The second-order valence-electron chi connectivity index (χ2n) is 12.5. The molecule has 2 aliphatic rings. The van der Waals surface area contributed by atoms with Gasteiger partial charge < -0.3 is 19.5 Å². The van der Waals surface area contributed by atoms with E-state index in [-0.39, 0.29) is 5.41 Å². The maximum atomic E-state index is 12.5. The summed E-state index contributed by atoms with van der Waals surface area (Å²) >= 11 is 0. The van der Waals surface area contributed by atoms with Crippen LogP contribution in [0.5, 0.6) is 5.75 Å². The number of aryl methyl sites for hydroxylation is 1. The predicted molar refractivity (Wildman–Crippen MR) is 146 cm³/mol. The zero-order valence-electron chi connectivity index (χ0n) is 23.3. The maximum Gasteiger partial charge on any atom is 0.337 e. The molecule has 0 radical (unpaired) electrons. The zero-order chi connectivity index (χ0) is 26.8. The van der Waals surface area contributed by atoms with Crippen molar-refractivity contribution < 1.29 is 19.4 Å². The molecule has 1 N–H and O–H groups in total. The second-order valence-corrected chi connectivity index (χ2v) is 12.5. The van der Waals surface area contributed by atoms with Gasteiger partial charge in [-0.25, -0.2) is 4.79 Å². The molecule has 0 bridgehead atoms. The third-order valence-electron chi connectivity index (χ3n) is 7.65. The van der Waals surface area contributed by atoms with E-state index in [0.29, 0.717) is 17.2 Å². The lowest BCUT2D eigenvalue weighted by atomic mass is 9.82. The minimum atomic E-state index is -1.13. The van der Waals surface area contributed by atoms with E-state index in [4.69, 9.17) is 14.5 Å². The Bertz CT molecular complexity index is 1080. The molecule has 1 saturated carbocycles. The van der Waals surface area contributed by atoms with Crippen molar-refractivity contribution in [3.63, 3.8) is 0 Å². The molecule has 0 spiro atoms. The van der Waals surface area contributed by atoms with Crippen molar-refractivity contribution in [2.24, 2.45) is 11.3 Å². The van der Waals surface area contributed by atoms with Crippen molar-refractivity contribution in [3.8, 4) is 17.0 Å². The van der Waals surface area contributed by atoms with Gasteiger partial charge in [0.1, 0.15) is 5.75 Å². The van der Waals surface area contributed by atoms with Gasteiger partial charge in [0.25, 0.3) is 0 Å². The molecule has 4 rings (SSSR count). The highest BCUT2D eigenvalue weighted by Gasteiger charge is 2.36. The van der Waals surface area contributed by atoms with Crippen molar-refractivity contribution in [1.82, 2.24) is 9.97 Å². The average molecular weight is 510 g/mol. The van der Waals surface area contributed by atoms with E-state index in [1.807, 2.05) is 46.0 Å². The van der Waals surface area contributed by atoms with E-state index in [0.717, 1.165) is 55.2 Å². The first-order valence-corrected chi connectivity index (χ1v) is 13.7. The molecule has 3 heterocycles. The molecule has 0 aromatic carbocycles. The number of anilines is 1. The molecule has 2 aromatic rings. The summed E-state index contributed by atoms with van der Waals surface area (Å²) in [5.41, 5.74) is 3.34. The molecule has 0 unspecified atom stereocenters. The minimum absolute atomic E-state index is 0.254. The average Bonchev–Trinajstić information content (AvgIpc) is 3.35. The van der Waals surface area contributed by atoms with Gasteiger partial charge in [-0.05, 0) is 76.8 Å². The van der Waals surface area contributed by atoms with Crippen LogP contribution in [-0.4, -0.2) is 46.3 Å². The smallest absolute Gasteiger partial charge is 0.337 e. The van der Waals surface area contributed by atoms with Gasteiger partial charge in [-0.3, -0.25) is 9.97 Å². The number of nitrogens with zero attached hydrogens (tertiary/aromatic N) is 3. The largest absolute Gasteiger partial charge is 0.492 e. The summed E-state index contributed by atoms with van der Waals surface area (Å²) in [4.78, 5) is 24.2. The Morgan fingerprint density at radius 2 is 1.81 bits per heavy atom. The van der Waals surface area contributed by atoms with E-state index in [9.17, 15) is 9.90 Å². The summed E-state index contributed by atoms with van der Waals surface area (Å²) in [6.45, 7) is 14.5. The number of pyridine rings is 2. The van der Waals surface area contributed by atoms with Crippen molar-refractivity contribution in [1.29, 1.82) is 0 Å². The van der Waals surface area contributed by atoms with Crippen LogP contribution in [0, 0.1) is 18.3 Å². The van der Waals surface area contributed by atoms with Crippen molar-refractivity contribution >= 4 is 11.7 Å². The van der Waals surface area contributed by atoms with Gasteiger partial charge >= 0.3 is 5.97 Å². The van der Waals surface area contributed by atoms with Crippen LogP contribution in [0.4, 0.5) is 5.69 Å². The van der Waals surface area contributed by atoms with Gasteiger partial charge in [-0.15, -0.1) is 0 Å². The Hall–Kier alpha value is -2.67. The third kappa shape index (κ3) is 6.81. The number of aliphatic carboxylic acids is 1. The molecule has 2 aromatic heterocycles. The number of rotatable bonds is 8. The van der Waals surface area contributed by atoms with Crippen LogP contribution >= 0.6 is 0 Å². The highest BCUT2D eigenvalue weighted by atomic mass is 16.5. The first-order chi connectivity index (χ1) is 17.4. The number of carbonyl (C=O) groups is 1. The summed E-state index contributed by atoms with van der Waals surface area (Å²) < 4.78 is 12.2. The van der Waals surface area contributed by atoms with E-state index in [1.165, 1.54) is 25.7 Å². The first-order valence-electron chi connectivity index (χ1n) is 13.7. The van der Waals surface area contributed by atoms with Crippen molar-refractivity contribution in [2.45, 2.75) is 91.8 Å². The Morgan fingerprint density at radius 3 is 2.38 bits per heavy atom. The number of aromatic nitrogens is 2. The lowest BCUT2D eigenvalue weighted by Crippen LogP contribution is -2.39. The summed E-state index contributed by atoms with van der Waals surface area (Å²) in [6.07, 6.45) is 9.56. The summed E-state index contributed by atoms with van der Waals surface area (Å²) in [7, 11) is 0. The number of carboxylic acids is 1. The Kier molecular flexibility index (Phi) is 8.12. The molecule has 202 valence electrons. The van der Waals surface area contributed by atoms with Crippen molar-refractivity contribution in [3.05, 3.63) is 35.8 Å². The van der Waals surface area contributed by atoms with Crippen LogP contribution in [-0.2, 0) is 9.53 Å². The molecular formula is C30H43N3O4. The molecular weight excluding hydrogens is 466 g/mol. The summed E-state index contributed by atoms with van der Waals surface area (Å²) in [5, 5.41) is 10.3. The molecule has 1 aliphatic carbocycles. The molecule has 0 amide bonds. The summed E-state index contributed by atoms with van der Waals surface area (Å²) in [6, 6.07) is 3.91. The minimum Gasteiger partial charge on any atom is -0.492 e. The van der Waals surface area contributed by atoms with E-state index < -0.39 is 17.7 Å². The van der Waals surface area contributed by atoms with E-state index in [2.05, 4.69) is 23.7 Å². The fourth-order valence-electron chi connectivity index (χ4n) is 5.39. The van der Waals surface area contributed by atoms with Crippen LogP contribution in [0.1, 0.15) is 90.5 Å². The normalized spacial score (nSPS) is 19.1. The Morgan fingerprint density at radius 1 is 1.14 bits per heavy atom. The standard InChI is InChI=1S/C30H43N3O4/c1-20-25(27(28(34)35)37-29(2,3)4)26(33-15-13-30(5,6)14-16-33)23(18-31-20)24-12-11-22(17-32-24)36-19-21-9-7-8-10-21/h11-12,17-18,21,27H,7-10,13-16,19H2,1-6H3,(H,34,35)/t27-/m0/s1. The van der Waals surface area contributed by atoms with Crippen LogP contribution in [0.2, 0.25) is 0 Å². The monoisotopic (exact) mass is 509 g/mol. The number of hydrogen-bond acceptors (Lipinski definition) is 6. The lowest BCUT2D eigenvalue weighted by molar-refractivity contribution is -0.160. The third-order valence-corrected chi connectivity index (χ3v) is 7.65. The molecule has 1 aliphatic heterocycles. The fourth-order valence-corrected chi connectivity index (χ4v) is 5.39. The van der Waals surface area contributed by atoms with Gasteiger partial charge in [-0.2, -0.15) is 0 Å². The number of carboxylic acid groups (broad SMARTS) is 1. The van der Waals surface area contributed by atoms with E-state index in [1.54, 1.807) is 6.20 Å². The van der Waals surface area contributed by atoms with Crippen LogP contribution in [0.3, 0.4) is 0 Å². The predicted octanol–water partition coefficient (Wildman–Crippen LogP) is 6.59. The molecule has 1 saturated heterocycles. The number of ether oxygens (including phenoxy) is 2. The van der Waals surface area contributed by atoms with Gasteiger partial charge in [0.2, 0.25) is 0 Å². The topological polar surface area (TPSA) is 84.8 Å². The second kappa shape index (κ2) is 11.0. The van der Waals surface area contributed by atoms with Crippen LogP contribution in [0.15, 0.2) is 24.5 Å². The number of hydrogen-bond donors (Lipinski definition) is 1. The lowest BCUT2D eigenvalue weighted by Gasteiger charge is -2.40. The van der Waals surface area contributed by atoms with Gasteiger partial charge in [0, 0.05) is 36.1 Å². The Labute approximate surface area is 221 Å². The molecule has 1 atom stereocenters. The first kappa shape index (κ1) is 27.4. The molecule has 7 nitrogen and oxygen atoms in total. The maximum absolute atomic E-state index is 12.5. The van der Waals surface area contributed by atoms with Gasteiger partial charge in [-0.1, -0.05) is 26.7 Å². The highest BCUT2D eigenvalue weighted by Crippen LogP contribution is 2.43.